The van der Waals surface area contributed by atoms with Crippen LogP contribution < -0.4 is 10.6 Å². The fraction of sp³-hybridized carbons (Fsp3) is 0.545. The van der Waals surface area contributed by atoms with E-state index in [0.29, 0.717) is 12.6 Å². The number of nitrogens with one attached hydrogen (secondary N) is 2. The Morgan fingerprint density at radius 1 is 1.12 bits per heavy atom. The Kier molecular flexibility index (Phi) is 8.36. The molecule has 17 heavy (non-hydrogen) atoms. The van der Waals surface area contributed by atoms with Gasteiger partial charge >= 0.3 is 12.0 Å². The van der Waals surface area contributed by atoms with Gasteiger partial charge in [-0.05, 0) is 6.42 Å². The summed E-state index contributed by atoms with van der Waals surface area (Å²) in [5.74, 6) is -1.99. The molecule has 0 aliphatic rings. The molecule has 6 heteroatoms. The highest BCUT2D eigenvalue weighted by Crippen LogP contribution is 1.96. The summed E-state index contributed by atoms with van der Waals surface area (Å²) in [6.07, 6.45) is 5.58. The van der Waals surface area contributed by atoms with E-state index in [0.717, 1.165) is 31.8 Å². The van der Waals surface area contributed by atoms with Gasteiger partial charge in [0.2, 0.25) is 0 Å². The van der Waals surface area contributed by atoms with E-state index in [1.54, 1.807) is 0 Å². The zero-order chi connectivity index (χ0) is 13.1. The van der Waals surface area contributed by atoms with Gasteiger partial charge in [-0.1, -0.05) is 26.2 Å². The lowest BCUT2D eigenvalue weighted by Crippen LogP contribution is -2.39. The number of urea groups is 1. The van der Waals surface area contributed by atoms with Crippen molar-refractivity contribution in [3.63, 3.8) is 0 Å². The van der Waals surface area contributed by atoms with Crippen molar-refractivity contribution in [1.29, 1.82) is 0 Å². The van der Waals surface area contributed by atoms with Gasteiger partial charge < -0.3 is 10.4 Å². The summed E-state index contributed by atoms with van der Waals surface area (Å²) < 4.78 is 0. The average molecular weight is 242 g/mol. The summed E-state index contributed by atoms with van der Waals surface area (Å²) in [6, 6.07) is -0.610. The summed E-state index contributed by atoms with van der Waals surface area (Å²) in [4.78, 5) is 32.2. The molecule has 0 heterocycles. The number of carbonyl (C=O) groups excluding carboxylic acids is 2. The van der Waals surface area contributed by atoms with Gasteiger partial charge in [0.05, 0.1) is 0 Å². The van der Waals surface area contributed by atoms with Crippen LogP contribution in [0.2, 0.25) is 0 Å². The first-order valence-corrected chi connectivity index (χ1v) is 5.56. The maximum Gasteiger partial charge on any atom is 0.328 e. The molecule has 0 unspecified atom stereocenters. The van der Waals surface area contributed by atoms with Gasteiger partial charge in [-0.15, -0.1) is 0 Å². The van der Waals surface area contributed by atoms with Crippen molar-refractivity contribution >= 4 is 17.9 Å². The van der Waals surface area contributed by atoms with E-state index < -0.39 is 17.9 Å². The number of aliphatic carboxylic acids is 1. The van der Waals surface area contributed by atoms with Gasteiger partial charge in [-0.25, -0.2) is 9.59 Å². The molecule has 0 saturated heterocycles. The third-order valence-electron chi connectivity index (χ3n) is 1.93. The maximum atomic E-state index is 11.1. The molecule has 0 rings (SSSR count). The van der Waals surface area contributed by atoms with Crippen LogP contribution in [0, 0.1) is 0 Å². The largest absolute Gasteiger partial charge is 0.478 e. The Hall–Kier alpha value is -1.85. The van der Waals surface area contributed by atoms with Gasteiger partial charge in [0.15, 0.2) is 0 Å². The number of imide groups is 1. The third-order valence-corrected chi connectivity index (χ3v) is 1.93. The first kappa shape index (κ1) is 15.2. The van der Waals surface area contributed by atoms with E-state index in [1.807, 2.05) is 5.32 Å². The van der Waals surface area contributed by atoms with Crippen LogP contribution in [0.5, 0.6) is 0 Å². The highest BCUT2D eigenvalue weighted by Gasteiger charge is 2.03. The molecule has 0 bridgehead atoms. The predicted molar refractivity (Wildman–Crippen MR) is 62.5 cm³/mol. The van der Waals surface area contributed by atoms with Crippen molar-refractivity contribution < 1.29 is 19.5 Å². The second-order valence-corrected chi connectivity index (χ2v) is 3.48. The van der Waals surface area contributed by atoms with Crippen molar-refractivity contribution in [1.82, 2.24) is 10.6 Å². The van der Waals surface area contributed by atoms with Crippen LogP contribution in [0.25, 0.3) is 0 Å². The van der Waals surface area contributed by atoms with Crippen LogP contribution in [-0.2, 0) is 9.59 Å². The highest BCUT2D eigenvalue weighted by molar-refractivity contribution is 6.02. The topological polar surface area (TPSA) is 95.5 Å². The summed E-state index contributed by atoms with van der Waals surface area (Å²) in [5.41, 5.74) is 0. The average Bonchev–Trinajstić information content (AvgIpc) is 2.26. The summed E-state index contributed by atoms with van der Waals surface area (Å²) in [5, 5.41) is 12.7. The lowest BCUT2D eigenvalue weighted by atomic mass is 10.2. The van der Waals surface area contributed by atoms with Crippen molar-refractivity contribution in [3.8, 4) is 0 Å². The zero-order valence-electron chi connectivity index (χ0n) is 9.86. The van der Waals surface area contributed by atoms with E-state index in [1.165, 1.54) is 0 Å². The Morgan fingerprint density at radius 3 is 2.41 bits per heavy atom. The maximum absolute atomic E-state index is 11.1. The molecule has 0 fully saturated rings. The van der Waals surface area contributed by atoms with Crippen LogP contribution in [0.4, 0.5) is 4.79 Å². The highest BCUT2D eigenvalue weighted by atomic mass is 16.4. The Balaban J connectivity index is 3.64. The minimum absolute atomic E-state index is 0.502. The Bertz CT molecular complexity index is 300. The summed E-state index contributed by atoms with van der Waals surface area (Å²) in [7, 11) is 0. The molecule has 0 aromatic heterocycles. The summed E-state index contributed by atoms with van der Waals surface area (Å²) in [6.45, 7) is 2.59. The summed E-state index contributed by atoms with van der Waals surface area (Å²) >= 11 is 0. The normalized spacial score (nSPS) is 10.2. The van der Waals surface area contributed by atoms with E-state index in [-0.39, 0.29) is 0 Å². The second kappa shape index (κ2) is 9.38. The molecule has 96 valence electrons. The van der Waals surface area contributed by atoms with E-state index in [2.05, 4.69) is 12.2 Å². The first-order chi connectivity index (χ1) is 8.06. The minimum atomic E-state index is -1.24. The van der Waals surface area contributed by atoms with Crippen molar-refractivity contribution in [2.45, 2.75) is 32.6 Å². The fourth-order valence-electron chi connectivity index (χ4n) is 1.10. The quantitative estimate of drug-likeness (QED) is 0.459. The molecule has 3 N–H and O–H groups in total. The van der Waals surface area contributed by atoms with Crippen molar-refractivity contribution in [2.24, 2.45) is 0 Å². The van der Waals surface area contributed by atoms with Crippen LogP contribution in [0.3, 0.4) is 0 Å². The number of carbonyl (C=O) groups is 3. The van der Waals surface area contributed by atoms with Crippen LogP contribution >= 0.6 is 0 Å². The second-order valence-electron chi connectivity index (χ2n) is 3.48. The monoisotopic (exact) mass is 242 g/mol. The fourth-order valence-corrected chi connectivity index (χ4v) is 1.10. The van der Waals surface area contributed by atoms with Gasteiger partial charge in [0, 0.05) is 18.7 Å². The molecular formula is C11H18N2O4. The SMILES string of the molecule is CCCCCCNC(=O)NC(=O)C=CC(=O)O. The number of rotatable bonds is 7. The molecule has 0 saturated carbocycles. The van der Waals surface area contributed by atoms with Crippen molar-refractivity contribution in [3.05, 3.63) is 12.2 Å². The van der Waals surface area contributed by atoms with Crippen LogP contribution in [0.15, 0.2) is 12.2 Å². The van der Waals surface area contributed by atoms with Gasteiger partial charge in [0.25, 0.3) is 5.91 Å². The molecule has 0 aliphatic heterocycles. The molecule has 0 atom stereocenters. The smallest absolute Gasteiger partial charge is 0.328 e. The molecule has 0 spiro atoms. The first-order valence-electron chi connectivity index (χ1n) is 5.56. The van der Waals surface area contributed by atoms with E-state index in [4.69, 9.17) is 5.11 Å². The predicted octanol–water partition coefficient (Wildman–Crippen LogP) is 1.03. The third kappa shape index (κ3) is 10.4. The lowest BCUT2D eigenvalue weighted by Gasteiger charge is -2.04. The molecule has 0 aliphatic carbocycles. The van der Waals surface area contributed by atoms with Gasteiger partial charge in [-0.3, -0.25) is 10.1 Å². The molecule has 0 radical (unpaired) electrons. The van der Waals surface area contributed by atoms with E-state index >= 15 is 0 Å². The number of unbranched alkanes of at least 4 members (excludes halogenated alkanes) is 3. The number of carboxylic acid groups (broad SMARTS) is 1. The Labute approximate surface area is 100 Å². The lowest BCUT2D eigenvalue weighted by molar-refractivity contribution is -0.131. The molecule has 0 aromatic rings. The molecule has 0 aromatic carbocycles. The molecular weight excluding hydrogens is 224 g/mol. The number of carboxylic acids is 1. The number of hydrogen-bond donors (Lipinski definition) is 3. The Morgan fingerprint density at radius 2 is 1.82 bits per heavy atom. The zero-order valence-corrected chi connectivity index (χ0v) is 9.86. The van der Waals surface area contributed by atoms with Gasteiger partial charge in [-0.2, -0.15) is 0 Å². The van der Waals surface area contributed by atoms with Crippen molar-refractivity contribution in [2.75, 3.05) is 6.54 Å². The van der Waals surface area contributed by atoms with Gasteiger partial charge in [0.1, 0.15) is 0 Å². The number of hydrogen-bond acceptors (Lipinski definition) is 3. The molecule has 6 nitrogen and oxygen atoms in total. The van der Waals surface area contributed by atoms with E-state index in [9.17, 15) is 14.4 Å². The van der Waals surface area contributed by atoms with Crippen LogP contribution in [-0.4, -0.2) is 29.6 Å². The minimum Gasteiger partial charge on any atom is -0.478 e. The van der Waals surface area contributed by atoms with Crippen LogP contribution in [0.1, 0.15) is 32.6 Å². The standard InChI is InChI=1S/C11H18N2O4/c1-2-3-4-5-8-12-11(17)13-9(14)6-7-10(15)16/h6-7H,2-5,8H2,1H3,(H,15,16)(H2,12,13,14,17). The molecule has 3 amide bonds. The number of amides is 3.